The average molecular weight is 499 g/mol. The Balaban J connectivity index is 2.27. The molecule has 0 bridgehead atoms. The first-order valence-electron chi connectivity index (χ1n) is 12.8. The van der Waals surface area contributed by atoms with E-state index in [9.17, 15) is 4.79 Å². The Bertz CT molecular complexity index is 796. The van der Waals surface area contributed by atoms with E-state index < -0.39 is 0 Å². The van der Waals surface area contributed by atoms with Crippen LogP contribution in [0.4, 0.5) is 0 Å². The number of benzene rings is 1. The molecule has 0 aliphatic carbocycles. The van der Waals surface area contributed by atoms with Crippen molar-refractivity contribution in [2.45, 2.75) is 83.7 Å². The summed E-state index contributed by atoms with van der Waals surface area (Å²) >= 11 is 5.24. The normalized spacial score (nSPS) is 12.6. The molecule has 0 saturated heterocycles. The van der Waals surface area contributed by atoms with Crippen molar-refractivity contribution in [3.8, 4) is 5.75 Å². The van der Waals surface area contributed by atoms with Crippen LogP contribution in [-0.4, -0.2) is 24.4 Å². The van der Waals surface area contributed by atoms with E-state index in [-0.39, 0.29) is 23.7 Å². The quantitative estimate of drug-likeness (QED) is 0.0879. The van der Waals surface area contributed by atoms with E-state index in [1.54, 1.807) is 0 Å². The van der Waals surface area contributed by atoms with Gasteiger partial charge in [0.2, 0.25) is 0 Å². The summed E-state index contributed by atoms with van der Waals surface area (Å²) < 4.78 is 16.1. The van der Waals surface area contributed by atoms with Crippen molar-refractivity contribution >= 4 is 23.4 Å². The average Bonchev–Trinajstić information content (AvgIpc) is 2.87. The molecule has 0 amide bonds. The molecule has 0 N–H and O–H groups in total. The molecule has 1 aromatic carbocycles. The minimum Gasteiger partial charge on any atom is -0.469 e. The Morgan fingerprint density at radius 2 is 1.46 bits per heavy atom. The van der Waals surface area contributed by atoms with Gasteiger partial charge >= 0.3 is 11.2 Å². The summed E-state index contributed by atoms with van der Waals surface area (Å²) in [7, 11) is 1.39. The van der Waals surface area contributed by atoms with Gasteiger partial charge in [0.1, 0.15) is 11.9 Å². The first-order chi connectivity index (χ1) is 17.2. The van der Waals surface area contributed by atoms with Gasteiger partial charge in [-0.2, -0.15) is 0 Å². The van der Waals surface area contributed by atoms with Gasteiger partial charge in [-0.25, -0.2) is 0 Å². The minimum absolute atomic E-state index is 0.0676. The number of carbonyl (C=O) groups is 1. The predicted molar refractivity (Wildman–Crippen MR) is 150 cm³/mol. The molecule has 1 aromatic rings. The van der Waals surface area contributed by atoms with Crippen molar-refractivity contribution in [2.24, 2.45) is 0 Å². The summed E-state index contributed by atoms with van der Waals surface area (Å²) in [4.78, 5) is 11.5. The molecule has 0 saturated carbocycles. The van der Waals surface area contributed by atoms with Crippen LogP contribution in [-0.2, 0) is 14.3 Å². The lowest BCUT2D eigenvalue weighted by molar-refractivity contribution is -0.141. The third-order valence-corrected chi connectivity index (χ3v) is 5.40. The highest BCUT2D eigenvalue weighted by atomic mass is 32.1. The minimum atomic E-state index is -0.258. The van der Waals surface area contributed by atoms with Crippen LogP contribution >= 0.6 is 12.2 Å². The van der Waals surface area contributed by atoms with Crippen molar-refractivity contribution in [2.75, 3.05) is 7.11 Å². The molecule has 0 aliphatic rings. The summed E-state index contributed by atoms with van der Waals surface area (Å²) in [6, 6.07) is 9.28. The molecule has 192 valence electrons. The lowest BCUT2D eigenvalue weighted by atomic mass is 10.1. The number of unbranched alkanes of at least 4 members (excludes halogenated alkanes) is 3. The Hall–Kier alpha value is -2.66. The first-order valence-corrected chi connectivity index (χ1v) is 13.2. The molecule has 0 aliphatic heterocycles. The number of esters is 1. The number of methoxy groups -OCH3 is 1. The van der Waals surface area contributed by atoms with Gasteiger partial charge in [-0.3, -0.25) is 4.79 Å². The topological polar surface area (TPSA) is 44.8 Å². The number of rotatable bonds is 18. The SMILES string of the molecule is CCCCC/C=C\C/C=C\C/C=C\C/C=C\CCC(CCC(=O)OC)OC(=S)Oc1ccccc1. The highest BCUT2D eigenvalue weighted by Gasteiger charge is 2.15. The van der Waals surface area contributed by atoms with Crippen LogP contribution in [0.2, 0.25) is 0 Å². The number of para-hydroxylation sites is 1. The van der Waals surface area contributed by atoms with Crippen molar-refractivity contribution in [3.63, 3.8) is 0 Å². The molecule has 1 unspecified atom stereocenters. The fourth-order valence-electron chi connectivity index (χ4n) is 3.23. The number of carbonyl (C=O) groups excluding carboxylic acids is 1. The van der Waals surface area contributed by atoms with Gasteiger partial charge in [0, 0.05) is 18.6 Å². The standard InChI is InChI=1S/C30H42O4S/c1-3-4-5-6-7-8-9-10-11-12-13-14-15-16-17-19-24-28(25-26-29(31)32-2)34-30(35)33-27-22-20-18-21-23-27/h7-8,10-11,13-14,16-18,20-23,28H,3-6,9,12,15,19,24-26H2,1-2H3/b8-7-,11-10-,14-13-,17-16-. The highest BCUT2D eigenvalue weighted by molar-refractivity contribution is 7.79. The van der Waals surface area contributed by atoms with E-state index in [0.29, 0.717) is 12.2 Å². The molecule has 4 nitrogen and oxygen atoms in total. The molecule has 0 radical (unpaired) electrons. The molecule has 35 heavy (non-hydrogen) atoms. The molecule has 5 heteroatoms. The molecule has 0 aromatic heterocycles. The van der Waals surface area contributed by atoms with Gasteiger partial charge < -0.3 is 14.2 Å². The van der Waals surface area contributed by atoms with Crippen LogP contribution in [0.5, 0.6) is 5.75 Å². The maximum Gasteiger partial charge on any atom is 0.358 e. The number of hydrogen-bond donors (Lipinski definition) is 0. The molecule has 1 atom stereocenters. The predicted octanol–water partition coefficient (Wildman–Crippen LogP) is 8.44. The summed E-state index contributed by atoms with van der Waals surface area (Å²) in [6.45, 7) is 2.23. The van der Waals surface area contributed by atoms with Crippen molar-refractivity contribution < 1.29 is 19.0 Å². The number of thiocarbonyl (C=S) groups is 1. The van der Waals surface area contributed by atoms with E-state index in [4.69, 9.17) is 26.4 Å². The number of hydrogen-bond acceptors (Lipinski definition) is 5. The Kier molecular flexibility index (Phi) is 19.0. The zero-order valence-electron chi connectivity index (χ0n) is 21.4. The summed E-state index contributed by atoms with van der Waals surface area (Å²) in [5.41, 5.74) is 0. The first kappa shape index (κ1) is 30.4. The summed E-state index contributed by atoms with van der Waals surface area (Å²) in [5, 5.41) is 0.0676. The van der Waals surface area contributed by atoms with Crippen LogP contribution in [0.25, 0.3) is 0 Å². The molecule has 0 fully saturated rings. The zero-order valence-corrected chi connectivity index (χ0v) is 22.2. The zero-order chi connectivity index (χ0) is 25.4. The van der Waals surface area contributed by atoms with Crippen LogP contribution in [0.15, 0.2) is 78.9 Å². The van der Waals surface area contributed by atoms with Crippen LogP contribution < -0.4 is 4.74 Å². The summed E-state index contributed by atoms with van der Waals surface area (Å²) in [5.74, 6) is 0.371. The molecular formula is C30H42O4S. The van der Waals surface area contributed by atoms with E-state index in [0.717, 1.165) is 32.1 Å². The second-order valence-corrected chi connectivity index (χ2v) is 8.52. The molecular weight excluding hydrogens is 456 g/mol. The Labute approximate surface area is 217 Å². The Morgan fingerprint density at radius 1 is 0.857 bits per heavy atom. The van der Waals surface area contributed by atoms with Gasteiger partial charge in [-0.05, 0) is 63.5 Å². The fourth-order valence-corrected chi connectivity index (χ4v) is 3.46. The van der Waals surface area contributed by atoms with E-state index >= 15 is 0 Å². The highest BCUT2D eigenvalue weighted by Crippen LogP contribution is 2.15. The smallest absolute Gasteiger partial charge is 0.358 e. The van der Waals surface area contributed by atoms with Crippen molar-refractivity contribution in [1.29, 1.82) is 0 Å². The molecule has 0 heterocycles. The summed E-state index contributed by atoms with van der Waals surface area (Å²) in [6.07, 6.45) is 27.7. The van der Waals surface area contributed by atoms with Gasteiger partial charge in [-0.15, -0.1) is 0 Å². The van der Waals surface area contributed by atoms with Crippen molar-refractivity contribution in [3.05, 3.63) is 78.9 Å². The number of allylic oxidation sites excluding steroid dienone is 8. The monoisotopic (exact) mass is 498 g/mol. The molecule has 1 rings (SSSR count). The third kappa shape index (κ3) is 18.4. The van der Waals surface area contributed by atoms with E-state index in [1.807, 2.05) is 30.3 Å². The van der Waals surface area contributed by atoms with Gasteiger partial charge in [0.25, 0.3) is 0 Å². The largest absolute Gasteiger partial charge is 0.469 e. The second-order valence-electron chi connectivity index (χ2n) is 8.19. The van der Waals surface area contributed by atoms with Crippen LogP contribution in [0.3, 0.4) is 0 Å². The van der Waals surface area contributed by atoms with E-state index in [2.05, 4.69) is 55.5 Å². The number of ether oxygens (including phenoxy) is 3. The second kappa shape index (κ2) is 21.8. The van der Waals surface area contributed by atoms with Crippen LogP contribution in [0.1, 0.15) is 77.6 Å². The van der Waals surface area contributed by atoms with Gasteiger partial charge in [-0.1, -0.05) is 86.6 Å². The van der Waals surface area contributed by atoms with Gasteiger partial charge in [0.05, 0.1) is 7.11 Å². The third-order valence-electron chi connectivity index (χ3n) is 5.22. The van der Waals surface area contributed by atoms with Crippen LogP contribution in [0, 0.1) is 0 Å². The van der Waals surface area contributed by atoms with Crippen molar-refractivity contribution in [1.82, 2.24) is 0 Å². The maximum absolute atomic E-state index is 11.5. The maximum atomic E-state index is 11.5. The fraction of sp³-hybridized carbons (Fsp3) is 0.467. The van der Waals surface area contributed by atoms with E-state index in [1.165, 1.54) is 32.8 Å². The van der Waals surface area contributed by atoms with Gasteiger partial charge in [0.15, 0.2) is 0 Å². The lowest BCUT2D eigenvalue weighted by Crippen LogP contribution is -2.22. The lowest BCUT2D eigenvalue weighted by Gasteiger charge is -2.18. The molecule has 0 spiro atoms. The Morgan fingerprint density at radius 3 is 2.06 bits per heavy atom.